The fraction of sp³-hybridized carbons (Fsp3) is 0.235. The number of esters is 1. The highest BCUT2D eigenvalue weighted by Crippen LogP contribution is 2.33. The third kappa shape index (κ3) is 2.63. The molecule has 0 aromatic heterocycles. The van der Waals surface area contributed by atoms with Crippen LogP contribution in [0.4, 0.5) is 0 Å². The minimum Gasteiger partial charge on any atom is -0.450 e. The van der Waals surface area contributed by atoms with Crippen molar-refractivity contribution in [2.45, 2.75) is 23.8 Å². The van der Waals surface area contributed by atoms with Crippen LogP contribution in [0.5, 0.6) is 0 Å². The van der Waals surface area contributed by atoms with E-state index < -0.39 is 0 Å². The molecule has 0 N–H and O–H groups in total. The molecule has 0 saturated carbocycles. The van der Waals surface area contributed by atoms with Gasteiger partial charge in [-0.3, -0.25) is 0 Å². The number of hydrogen-bond donors (Lipinski definition) is 0. The lowest BCUT2D eigenvalue weighted by atomic mass is 9.98. The van der Waals surface area contributed by atoms with Crippen LogP contribution in [0.1, 0.15) is 30.6 Å². The second-order valence-corrected chi connectivity index (χ2v) is 7.10. The molecule has 2 unspecified atom stereocenters. The number of allylic oxidation sites excluding steroid dienone is 2. The Morgan fingerprint density at radius 1 is 1.35 bits per heavy atom. The normalized spacial score (nSPS) is 27.1. The van der Waals surface area contributed by atoms with Gasteiger partial charge in [0.2, 0.25) is 0 Å². The summed E-state index contributed by atoms with van der Waals surface area (Å²) >= 11 is 3.58. The first kappa shape index (κ1) is 13.4. The van der Waals surface area contributed by atoms with E-state index >= 15 is 0 Å². The van der Waals surface area contributed by atoms with E-state index in [9.17, 15) is 4.79 Å². The molecule has 0 spiro atoms. The minimum absolute atomic E-state index is 0.0589. The Morgan fingerprint density at radius 3 is 2.90 bits per heavy atom. The molecule has 102 valence electrons. The molecule has 3 heteroatoms. The highest BCUT2D eigenvalue weighted by Gasteiger charge is 2.25. The number of fused-ring (bicyclic) bond motifs is 1. The van der Waals surface area contributed by atoms with Gasteiger partial charge in [-0.15, -0.1) is 0 Å². The van der Waals surface area contributed by atoms with E-state index in [0.717, 1.165) is 17.5 Å². The largest absolute Gasteiger partial charge is 0.450 e. The first-order valence-electron chi connectivity index (χ1n) is 6.62. The number of carbonyl (C=O) groups excluding carboxylic acids is 1. The van der Waals surface area contributed by atoms with Crippen molar-refractivity contribution in [2.24, 2.45) is 0 Å². The molecular weight excluding hydrogens is 316 g/mol. The molecule has 0 fully saturated rings. The van der Waals surface area contributed by atoms with Gasteiger partial charge in [-0.25, -0.2) is 4.79 Å². The van der Waals surface area contributed by atoms with Gasteiger partial charge in [0.1, 0.15) is 6.10 Å². The maximum absolute atomic E-state index is 12.2. The number of carbonyl (C=O) groups is 1. The Balaban J connectivity index is 1.72. The molecule has 0 radical (unpaired) electrons. The highest BCUT2D eigenvalue weighted by atomic mass is 79.9. The van der Waals surface area contributed by atoms with Crippen LogP contribution in [0.25, 0.3) is 6.08 Å². The highest BCUT2D eigenvalue weighted by molar-refractivity contribution is 9.10. The van der Waals surface area contributed by atoms with Gasteiger partial charge in [-0.1, -0.05) is 64.5 Å². The van der Waals surface area contributed by atoms with Gasteiger partial charge in [-0.05, 0) is 25.0 Å². The predicted octanol–water partition coefficient (Wildman–Crippen LogP) is 4.34. The molecule has 0 bridgehead atoms. The minimum atomic E-state index is -0.273. The van der Waals surface area contributed by atoms with Crippen molar-refractivity contribution in [3.63, 3.8) is 0 Å². The van der Waals surface area contributed by atoms with E-state index in [1.165, 1.54) is 0 Å². The molecule has 0 heterocycles. The molecule has 0 amide bonds. The number of benzene rings is 1. The van der Waals surface area contributed by atoms with Gasteiger partial charge in [-0.2, -0.15) is 0 Å². The van der Waals surface area contributed by atoms with Crippen molar-refractivity contribution in [1.29, 1.82) is 0 Å². The van der Waals surface area contributed by atoms with Gasteiger partial charge in [0.05, 0.1) is 5.57 Å². The average molecular weight is 331 g/mol. The van der Waals surface area contributed by atoms with Crippen molar-refractivity contribution in [3.05, 3.63) is 65.3 Å². The summed E-state index contributed by atoms with van der Waals surface area (Å²) in [5.41, 5.74) is 2.79. The fourth-order valence-corrected chi connectivity index (χ4v) is 2.66. The molecule has 1 aromatic carbocycles. The second kappa shape index (κ2) is 5.06. The van der Waals surface area contributed by atoms with Crippen LogP contribution < -0.4 is 0 Å². The standard InChI is InChI=1S/C17H15BrO2/c1-17(18)10-8-13(9-11-17)16(19)20-15-7-6-12-4-2-3-5-14(12)15/h2-10,15H,11H2,1H3. The zero-order valence-electron chi connectivity index (χ0n) is 11.2. The van der Waals surface area contributed by atoms with Crippen LogP contribution in [0.3, 0.4) is 0 Å². The maximum Gasteiger partial charge on any atom is 0.338 e. The molecule has 2 nitrogen and oxygen atoms in total. The van der Waals surface area contributed by atoms with Gasteiger partial charge in [0.25, 0.3) is 0 Å². The van der Waals surface area contributed by atoms with Crippen LogP contribution in [0, 0.1) is 0 Å². The van der Waals surface area contributed by atoms with Crippen LogP contribution in [0.15, 0.2) is 54.1 Å². The summed E-state index contributed by atoms with van der Waals surface area (Å²) in [4.78, 5) is 12.2. The Hall–Kier alpha value is -1.61. The molecule has 20 heavy (non-hydrogen) atoms. The predicted molar refractivity (Wildman–Crippen MR) is 83.5 cm³/mol. The van der Waals surface area contributed by atoms with Crippen LogP contribution >= 0.6 is 15.9 Å². The Morgan fingerprint density at radius 2 is 2.15 bits per heavy atom. The van der Waals surface area contributed by atoms with E-state index in [0.29, 0.717) is 5.57 Å². The van der Waals surface area contributed by atoms with E-state index in [4.69, 9.17) is 4.74 Å². The lowest BCUT2D eigenvalue weighted by Gasteiger charge is -2.21. The van der Waals surface area contributed by atoms with Gasteiger partial charge >= 0.3 is 5.97 Å². The third-order valence-corrected chi connectivity index (χ3v) is 4.14. The van der Waals surface area contributed by atoms with Crippen molar-refractivity contribution in [3.8, 4) is 0 Å². The first-order chi connectivity index (χ1) is 9.55. The van der Waals surface area contributed by atoms with Crippen LogP contribution in [0.2, 0.25) is 0 Å². The summed E-state index contributed by atoms with van der Waals surface area (Å²) in [5, 5.41) is 0. The molecule has 0 saturated heterocycles. The van der Waals surface area contributed by atoms with E-state index in [-0.39, 0.29) is 16.4 Å². The fourth-order valence-electron chi connectivity index (χ4n) is 2.36. The molecule has 2 atom stereocenters. The first-order valence-corrected chi connectivity index (χ1v) is 7.41. The lowest BCUT2D eigenvalue weighted by Crippen LogP contribution is -2.17. The zero-order valence-corrected chi connectivity index (χ0v) is 12.8. The number of ether oxygens (including phenoxy) is 1. The molecule has 3 rings (SSSR count). The SMILES string of the molecule is CC1(Br)C=CC(C(=O)OC2C=Cc3ccccc32)=CC1. The van der Waals surface area contributed by atoms with Crippen LogP contribution in [-0.2, 0) is 9.53 Å². The average Bonchev–Trinajstić information content (AvgIpc) is 2.82. The van der Waals surface area contributed by atoms with E-state index in [1.54, 1.807) is 0 Å². The number of rotatable bonds is 2. The molecular formula is C17H15BrO2. The summed E-state index contributed by atoms with van der Waals surface area (Å²) in [7, 11) is 0. The van der Waals surface area contributed by atoms with Gasteiger partial charge in [0.15, 0.2) is 0 Å². The number of halogens is 1. The molecule has 2 aliphatic rings. The number of hydrogen-bond acceptors (Lipinski definition) is 2. The van der Waals surface area contributed by atoms with Gasteiger partial charge in [0, 0.05) is 9.89 Å². The number of alkyl halides is 1. The summed E-state index contributed by atoms with van der Waals surface area (Å²) in [6.07, 6.45) is 10.2. The van der Waals surface area contributed by atoms with Crippen molar-refractivity contribution >= 4 is 28.0 Å². The third-order valence-electron chi connectivity index (χ3n) is 3.55. The molecule has 1 aromatic rings. The maximum atomic E-state index is 12.2. The molecule has 0 aliphatic heterocycles. The smallest absolute Gasteiger partial charge is 0.338 e. The van der Waals surface area contributed by atoms with E-state index in [1.807, 2.05) is 54.6 Å². The summed E-state index contributed by atoms with van der Waals surface area (Å²) in [6, 6.07) is 7.96. The monoisotopic (exact) mass is 330 g/mol. The van der Waals surface area contributed by atoms with E-state index in [2.05, 4.69) is 22.9 Å². The second-order valence-electron chi connectivity index (χ2n) is 5.29. The van der Waals surface area contributed by atoms with Crippen molar-refractivity contribution in [1.82, 2.24) is 0 Å². The summed E-state index contributed by atoms with van der Waals surface area (Å²) in [6.45, 7) is 2.07. The summed E-state index contributed by atoms with van der Waals surface area (Å²) < 4.78 is 5.53. The van der Waals surface area contributed by atoms with Crippen LogP contribution in [-0.4, -0.2) is 10.3 Å². The quantitative estimate of drug-likeness (QED) is 0.595. The Labute approximate surface area is 127 Å². The Kier molecular flexibility index (Phi) is 3.38. The zero-order chi connectivity index (χ0) is 14.2. The Bertz CT molecular complexity index is 638. The van der Waals surface area contributed by atoms with Crippen molar-refractivity contribution in [2.75, 3.05) is 0 Å². The topological polar surface area (TPSA) is 26.3 Å². The molecule has 2 aliphatic carbocycles. The van der Waals surface area contributed by atoms with Crippen molar-refractivity contribution < 1.29 is 9.53 Å². The summed E-state index contributed by atoms with van der Waals surface area (Å²) in [5.74, 6) is -0.268. The lowest BCUT2D eigenvalue weighted by molar-refractivity contribution is -0.142. The van der Waals surface area contributed by atoms with Gasteiger partial charge < -0.3 is 4.74 Å².